The lowest BCUT2D eigenvalue weighted by molar-refractivity contribution is 0.181. The zero-order valence-corrected chi connectivity index (χ0v) is 8.51. The molecule has 84 valence electrons. The zero-order chi connectivity index (χ0) is 11.1. The highest BCUT2D eigenvalue weighted by Crippen LogP contribution is 2.13. The minimum atomic E-state index is -0.0931. The van der Waals surface area contributed by atoms with Gasteiger partial charge >= 0.3 is 6.01 Å². The highest BCUT2D eigenvalue weighted by atomic mass is 16.5. The second-order valence-corrected chi connectivity index (χ2v) is 2.77. The number of hydrogen-bond acceptors (Lipinski definition) is 6. The van der Waals surface area contributed by atoms with Gasteiger partial charge in [0.2, 0.25) is 5.88 Å². The van der Waals surface area contributed by atoms with Crippen LogP contribution in [0.3, 0.4) is 0 Å². The van der Waals surface area contributed by atoms with Crippen molar-refractivity contribution in [3.63, 3.8) is 0 Å². The fourth-order valence-corrected chi connectivity index (χ4v) is 0.939. The van der Waals surface area contributed by atoms with Crippen molar-refractivity contribution < 1.29 is 19.7 Å². The second kappa shape index (κ2) is 6.15. The molecule has 2 N–H and O–H groups in total. The summed E-state index contributed by atoms with van der Waals surface area (Å²) in [6.45, 7) is 1.93. The molecule has 0 bridgehead atoms. The van der Waals surface area contributed by atoms with E-state index in [2.05, 4.69) is 9.97 Å². The molecular weight excluding hydrogens is 200 g/mol. The van der Waals surface area contributed by atoms with Gasteiger partial charge in [0.15, 0.2) is 0 Å². The Morgan fingerprint density at radius 2 is 1.80 bits per heavy atom. The molecule has 0 unspecified atom stereocenters. The standard InChI is InChI=1S/C9H14N2O4/c1-7-6-8(14-4-2-12)11-9(10-7)15-5-3-13/h6,12-13H,2-5H2,1H3. The van der Waals surface area contributed by atoms with Crippen LogP contribution in [0.1, 0.15) is 5.69 Å². The van der Waals surface area contributed by atoms with Gasteiger partial charge in [0.05, 0.1) is 13.2 Å². The summed E-state index contributed by atoms with van der Waals surface area (Å²) < 4.78 is 10.2. The summed E-state index contributed by atoms with van der Waals surface area (Å²) in [5.41, 5.74) is 0.700. The van der Waals surface area contributed by atoms with Crippen molar-refractivity contribution in [1.29, 1.82) is 0 Å². The predicted octanol–water partition coefficient (Wildman–Crippen LogP) is -0.473. The van der Waals surface area contributed by atoms with E-state index in [1.165, 1.54) is 0 Å². The van der Waals surface area contributed by atoms with Crippen LogP contribution in [0.2, 0.25) is 0 Å². The fourth-order valence-electron chi connectivity index (χ4n) is 0.939. The number of ether oxygens (including phenoxy) is 2. The van der Waals surface area contributed by atoms with Crippen molar-refractivity contribution in [3.8, 4) is 11.9 Å². The maximum absolute atomic E-state index is 8.57. The first-order chi connectivity index (χ1) is 7.26. The lowest BCUT2D eigenvalue weighted by atomic mass is 10.4. The maximum atomic E-state index is 8.57. The van der Waals surface area contributed by atoms with E-state index in [9.17, 15) is 0 Å². The van der Waals surface area contributed by atoms with E-state index in [0.717, 1.165) is 0 Å². The van der Waals surface area contributed by atoms with Crippen LogP contribution in [0.5, 0.6) is 11.9 Å². The van der Waals surface area contributed by atoms with Gasteiger partial charge in [0.25, 0.3) is 0 Å². The molecule has 0 aliphatic rings. The number of hydrogen-bond donors (Lipinski definition) is 2. The van der Waals surface area contributed by atoms with Crippen LogP contribution >= 0.6 is 0 Å². The molecule has 1 heterocycles. The van der Waals surface area contributed by atoms with Gasteiger partial charge in [-0.25, -0.2) is 4.98 Å². The van der Waals surface area contributed by atoms with Gasteiger partial charge in [-0.1, -0.05) is 0 Å². The van der Waals surface area contributed by atoms with Crippen LogP contribution in [-0.2, 0) is 0 Å². The number of aliphatic hydroxyl groups excluding tert-OH is 2. The molecule has 0 saturated carbocycles. The highest BCUT2D eigenvalue weighted by Gasteiger charge is 2.03. The Kier molecular flexibility index (Phi) is 4.79. The number of rotatable bonds is 6. The van der Waals surface area contributed by atoms with E-state index in [4.69, 9.17) is 19.7 Å². The van der Waals surface area contributed by atoms with Crippen molar-refractivity contribution in [2.24, 2.45) is 0 Å². The molecule has 1 rings (SSSR count). The van der Waals surface area contributed by atoms with Gasteiger partial charge in [-0.3, -0.25) is 0 Å². The molecule has 0 aliphatic carbocycles. The van der Waals surface area contributed by atoms with Crippen LogP contribution in [0.25, 0.3) is 0 Å². The summed E-state index contributed by atoms with van der Waals surface area (Å²) in [6, 6.07) is 1.80. The molecular formula is C9H14N2O4. The molecule has 0 fully saturated rings. The first kappa shape index (κ1) is 11.7. The summed E-state index contributed by atoms with van der Waals surface area (Å²) in [7, 11) is 0. The van der Waals surface area contributed by atoms with Crippen LogP contribution in [-0.4, -0.2) is 46.6 Å². The van der Waals surface area contributed by atoms with Crippen molar-refractivity contribution in [1.82, 2.24) is 9.97 Å². The van der Waals surface area contributed by atoms with Crippen LogP contribution in [0, 0.1) is 6.92 Å². The largest absolute Gasteiger partial charge is 0.475 e. The minimum absolute atomic E-state index is 0.0735. The van der Waals surface area contributed by atoms with Gasteiger partial charge in [0, 0.05) is 11.8 Å². The summed E-state index contributed by atoms with van der Waals surface area (Å²) in [6.07, 6.45) is 0. The molecule has 0 amide bonds. The second-order valence-electron chi connectivity index (χ2n) is 2.77. The molecule has 0 saturated heterocycles. The lowest BCUT2D eigenvalue weighted by Gasteiger charge is -2.07. The third kappa shape index (κ3) is 4.09. The molecule has 6 heteroatoms. The van der Waals surface area contributed by atoms with Crippen molar-refractivity contribution in [3.05, 3.63) is 11.8 Å². The molecule has 15 heavy (non-hydrogen) atoms. The Morgan fingerprint density at radius 3 is 2.47 bits per heavy atom. The number of aliphatic hydroxyl groups is 2. The molecule has 0 aromatic carbocycles. The predicted molar refractivity (Wildman–Crippen MR) is 51.9 cm³/mol. The fraction of sp³-hybridized carbons (Fsp3) is 0.556. The third-order valence-corrected chi connectivity index (χ3v) is 1.47. The van der Waals surface area contributed by atoms with Crippen molar-refractivity contribution in [2.75, 3.05) is 26.4 Å². The van der Waals surface area contributed by atoms with Gasteiger partial charge in [-0.15, -0.1) is 0 Å². The Morgan fingerprint density at radius 1 is 1.13 bits per heavy atom. The Hall–Kier alpha value is -1.40. The molecule has 1 aromatic heterocycles. The summed E-state index contributed by atoms with van der Waals surface area (Å²) >= 11 is 0. The molecule has 0 radical (unpaired) electrons. The summed E-state index contributed by atoms with van der Waals surface area (Å²) in [5.74, 6) is 0.351. The third-order valence-electron chi connectivity index (χ3n) is 1.47. The number of aromatic nitrogens is 2. The number of nitrogens with zero attached hydrogens (tertiary/aromatic N) is 2. The zero-order valence-electron chi connectivity index (χ0n) is 8.51. The van der Waals surface area contributed by atoms with Crippen LogP contribution in [0.15, 0.2) is 6.07 Å². The Labute approximate surface area is 87.5 Å². The topological polar surface area (TPSA) is 84.7 Å². The van der Waals surface area contributed by atoms with Gasteiger partial charge in [-0.05, 0) is 6.92 Å². The Balaban J connectivity index is 2.66. The van der Waals surface area contributed by atoms with Crippen LogP contribution < -0.4 is 9.47 Å². The molecule has 1 aromatic rings. The molecule has 0 atom stereocenters. The maximum Gasteiger partial charge on any atom is 0.320 e. The van der Waals surface area contributed by atoms with Gasteiger partial charge < -0.3 is 19.7 Å². The SMILES string of the molecule is Cc1cc(OCCO)nc(OCCO)n1. The first-order valence-electron chi connectivity index (χ1n) is 4.59. The van der Waals surface area contributed by atoms with E-state index in [-0.39, 0.29) is 32.4 Å². The van der Waals surface area contributed by atoms with E-state index in [1.54, 1.807) is 13.0 Å². The highest BCUT2D eigenvalue weighted by molar-refractivity contribution is 5.17. The average molecular weight is 214 g/mol. The van der Waals surface area contributed by atoms with E-state index >= 15 is 0 Å². The summed E-state index contributed by atoms with van der Waals surface area (Å²) in [5, 5.41) is 17.1. The van der Waals surface area contributed by atoms with Gasteiger partial charge in [0.1, 0.15) is 13.2 Å². The quantitative estimate of drug-likeness (QED) is 0.665. The molecule has 0 aliphatic heterocycles. The van der Waals surface area contributed by atoms with E-state index in [1.807, 2.05) is 0 Å². The molecule has 6 nitrogen and oxygen atoms in total. The monoisotopic (exact) mass is 214 g/mol. The normalized spacial score (nSPS) is 10.1. The van der Waals surface area contributed by atoms with E-state index < -0.39 is 0 Å². The molecule has 0 spiro atoms. The van der Waals surface area contributed by atoms with Gasteiger partial charge in [-0.2, -0.15) is 4.98 Å². The van der Waals surface area contributed by atoms with Crippen molar-refractivity contribution in [2.45, 2.75) is 6.92 Å². The average Bonchev–Trinajstić information content (AvgIpc) is 2.23. The first-order valence-corrected chi connectivity index (χ1v) is 4.59. The Bertz CT molecular complexity index is 280. The van der Waals surface area contributed by atoms with Crippen LogP contribution in [0.4, 0.5) is 0 Å². The minimum Gasteiger partial charge on any atom is -0.475 e. The smallest absolute Gasteiger partial charge is 0.320 e. The lowest BCUT2D eigenvalue weighted by Crippen LogP contribution is -2.08. The number of aryl methyl sites for hydroxylation is 1. The van der Waals surface area contributed by atoms with E-state index in [0.29, 0.717) is 11.6 Å². The van der Waals surface area contributed by atoms with Crippen molar-refractivity contribution >= 4 is 0 Å². The summed E-state index contributed by atoms with van der Waals surface area (Å²) in [4.78, 5) is 7.92.